The van der Waals surface area contributed by atoms with Crippen molar-refractivity contribution in [2.75, 3.05) is 5.43 Å². The number of anilines is 1. The molecule has 0 aromatic carbocycles. The summed E-state index contributed by atoms with van der Waals surface area (Å²) in [6.07, 6.45) is -0.355. The summed E-state index contributed by atoms with van der Waals surface area (Å²) in [5, 5.41) is -0.0893. The van der Waals surface area contributed by atoms with Crippen molar-refractivity contribution in [3.05, 3.63) is 47.4 Å². The van der Waals surface area contributed by atoms with Crippen molar-refractivity contribution in [1.82, 2.24) is 9.66 Å². The molecule has 0 saturated carbocycles. The normalized spacial score (nSPS) is 11.5. The number of pyridine rings is 1. The lowest BCUT2D eigenvalue weighted by Gasteiger charge is -2.11. The molecule has 17 heavy (non-hydrogen) atoms. The van der Waals surface area contributed by atoms with Crippen LogP contribution in [0.15, 0.2) is 36.8 Å². The average Bonchev–Trinajstić information content (AvgIpc) is 2.72. The topological polar surface area (TPSA) is 29.9 Å². The molecule has 2 heterocycles. The van der Waals surface area contributed by atoms with E-state index in [0.717, 1.165) is 12.3 Å². The highest BCUT2D eigenvalue weighted by molar-refractivity contribution is 6.32. The summed E-state index contributed by atoms with van der Waals surface area (Å²) in [6.45, 7) is 0. The van der Waals surface area contributed by atoms with Crippen molar-refractivity contribution in [1.29, 1.82) is 0 Å². The quantitative estimate of drug-likeness (QED) is 0.898. The van der Waals surface area contributed by atoms with Gasteiger partial charge in [0.15, 0.2) is 5.82 Å². The highest BCUT2D eigenvalue weighted by Crippen LogP contribution is 2.32. The first-order valence-electron chi connectivity index (χ1n) is 4.59. The van der Waals surface area contributed by atoms with Gasteiger partial charge in [-0.1, -0.05) is 11.6 Å². The third kappa shape index (κ3) is 2.71. The highest BCUT2D eigenvalue weighted by Gasteiger charge is 2.31. The Kier molecular flexibility index (Phi) is 2.97. The van der Waals surface area contributed by atoms with Crippen molar-refractivity contribution >= 4 is 17.4 Å². The second kappa shape index (κ2) is 4.29. The zero-order valence-electron chi connectivity index (χ0n) is 8.37. The Hall–Kier alpha value is -1.69. The van der Waals surface area contributed by atoms with E-state index in [2.05, 4.69) is 10.4 Å². The standard InChI is InChI=1S/C10H7ClF3N3/c11-8-5-7(10(12,13)14)6-15-9(8)16-17-3-1-2-4-17/h1-6H,(H,15,16). The van der Waals surface area contributed by atoms with Crippen molar-refractivity contribution in [2.24, 2.45) is 0 Å². The van der Waals surface area contributed by atoms with E-state index in [1.807, 2.05) is 0 Å². The van der Waals surface area contributed by atoms with Gasteiger partial charge in [0.25, 0.3) is 0 Å². The van der Waals surface area contributed by atoms with Gasteiger partial charge in [0.05, 0.1) is 10.6 Å². The maximum absolute atomic E-state index is 12.4. The first-order valence-corrected chi connectivity index (χ1v) is 4.97. The fourth-order valence-corrected chi connectivity index (χ4v) is 1.42. The molecule has 0 spiro atoms. The predicted octanol–water partition coefficient (Wildman–Crippen LogP) is 3.43. The van der Waals surface area contributed by atoms with Crippen LogP contribution in [0.3, 0.4) is 0 Å². The fraction of sp³-hybridized carbons (Fsp3) is 0.100. The van der Waals surface area contributed by atoms with E-state index in [-0.39, 0.29) is 10.8 Å². The first kappa shape index (κ1) is 11.8. The van der Waals surface area contributed by atoms with Gasteiger partial charge in [0.1, 0.15) is 0 Å². The first-order chi connectivity index (χ1) is 7.97. The van der Waals surface area contributed by atoms with Gasteiger partial charge in [-0.05, 0) is 18.2 Å². The number of alkyl halides is 3. The molecule has 0 aliphatic heterocycles. The van der Waals surface area contributed by atoms with E-state index in [1.165, 1.54) is 4.68 Å². The lowest BCUT2D eigenvalue weighted by molar-refractivity contribution is -0.137. The Balaban J connectivity index is 2.26. The Morgan fingerprint density at radius 2 is 1.88 bits per heavy atom. The zero-order valence-corrected chi connectivity index (χ0v) is 9.13. The average molecular weight is 262 g/mol. The Morgan fingerprint density at radius 1 is 1.24 bits per heavy atom. The van der Waals surface area contributed by atoms with Crippen LogP contribution in [0.1, 0.15) is 5.56 Å². The van der Waals surface area contributed by atoms with Crippen LogP contribution < -0.4 is 5.43 Å². The Labute approximate surface area is 99.8 Å². The van der Waals surface area contributed by atoms with E-state index >= 15 is 0 Å². The second-order valence-electron chi connectivity index (χ2n) is 3.25. The fourth-order valence-electron chi connectivity index (χ4n) is 1.21. The largest absolute Gasteiger partial charge is 0.417 e. The summed E-state index contributed by atoms with van der Waals surface area (Å²) < 4.78 is 38.6. The van der Waals surface area contributed by atoms with Crippen molar-refractivity contribution in [3.63, 3.8) is 0 Å². The van der Waals surface area contributed by atoms with Crippen LogP contribution in [0.5, 0.6) is 0 Å². The van der Waals surface area contributed by atoms with Gasteiger partial charge in [-0.25, -0.2) is 4.98 Å². The number of rotatable bonds is 2. The molecule has 2 aromatic heterocycles. The van der Waals surface area contributed by atoms with Crippen molar-refractivity contribution in [3.8, 4) is 0 Å². The number of nitrogens with zero attached hydrogens (tertiary/aromatic N) is 2. The van der Waals surface area contributed by atoms with Crippen LogP contribution in [-0.2, 0) is 6.18 Å². The molecule has 0 unspecified atom stereocenters. The number of hydrogen-bond donors (Lipinski definition) is 1. The molecule has 0 fully saturated rings. The van der Waals surface area contributed by atoms with Crippen molar-refractivity contribution < 1.29 is 13.2 Å². The van der Waals surface area contributed by atoms with Gasteiger partial charge in [-0.3, -0.25) is 10.1 Å². The molecular weight excluding hydrogens is 255 g/mol. The summed E-state index contributed by atoms with van der Waals surface area (Å²) in [5.74, 6) is 0.163. The number of nitrogens with one attached hydrogen (secondary N) is 1. The number of aromatic nitrogens is 2. The molecule has 2 rings (SSSR count). The maximum atomic E-state index is 12.4. The van der Waals surface area contributed by atoms with Crippen LogP contribution in [0.2, 0.25) is 5.02 Å². The molecular formula is C10H7ClF3N3. The van der Waals surface area contributed by atoms with Gasteiger partial charge >= 0.3 is 6.18 Å². The molecule has 2 aromatic rings. The van der Waals surface area contributed by atoms with Gasteiger partial charge in [0.2, 0.25) is 0 Å². The van der Waals surface area contributed by atoms with Gasteiger partial charge in [0, 0.05) is 18.6 Å². The lowest BCUT2D eigenvalue weighted by atomic mass is 10.3. The molecule has 0 aliphatic carbocycles. The molecule has 7 heteroatoms. The Morgan fingerprint density at radius 3 is 2.41 bits per heavy atom. The summed E-state index contributed by atoms with van der Waals surface area (Å²) in [6, 6.07) is 4.34. The third-order valence-electron chi connectivity index (χ3n) is 2.01. The minimum absolute atomic E-state index is 0.0893. The number of hydrogen-bond acceptors (Lipinski definition) is 2. The minimum atomic E-state index is -4.44. The van der Waals surface area contributed by atoms with Crippen LogP contribution in [0, 0.1) is 0 Å². The smallest absolute Gasteiger partial charge is 0.277 e. The van der Waals surface area contributed by atoms with Crippen LogP contribution in [0.4, 0.5) is 19.0 Å². The van der Waals surface area contributed by atoms with E-state index in [0.29, 0.717) is 0 Å². The number of halogens is 4. The Bertz CT molecular complexity index is 508. The second-order valence-corrected chi connectivity index (χ2v) is 3.66. The van der Waals surface area contributed by atoms with Crippen LogP contribution in [0.25, 0.3) is 0 Å². The SMILES string of the molecule is FC(F)(F)c1cnc(Nn2cccc2)c(Cl)c1. The molecule has 0 amide bonds. The van der Waals surface area contributed by atoms with E-state index in [1.54, 1.807) is 24.5 Å². The summed E-state index contributed by atoms with van der Waals surface area (Å²) in [7, 11) is 0. The van der Waals surface area contributed by atoms with E-state index in [9.17, 15) is 13.2 Å². The highest BCUT2D eigenvalue weighted by atomic mass is 35.5. The summed E-state index contributed by atoms with van der Waals surface area (Å²) in [5.41, 5.74) is 1.86. The molecule has 0 bridgehead atoms. The van der Waals surface area contributed by atoms with Gasteiger partial charge in [-0.15, -0.1) is 0 Å². The molecule has 3 nitrogen and oxygen atoms in total. The molecule has 0 radical (unpaired) electrons. The summed E-state index contributed by atoms with van der Waals surface area (Å²) >= 11 is 5.71. The lowest BCUT2D eigenvalue weighted by Crippen LogP contribution is -2.10. The molecule has 0 saturated heterocycles. The molecule has 90 valence electrons. The minimum Gasteiger partial charge on any atom is -0.277 e. The monoisotopic (exact) mass is 261 g/mol. The van der Waals surface area contributed by atoms with Crippen LogP contribution in [-0.4, -0.2) is 9.66 Å². The molecule has 1 N–H and O–H groups in total. The molecule has 0 atom stereocenters. The predicted molar refractivity (Wildman–Crippen MR) is 57.7 cm³/mol. The van der Waals surface area contributed by atoms with E-state index in [4.69, 9.17) is 11.6 Å². The zero-order chi connectivity index (χ0) is 12.5. The summed E-state index contributed by atoms with van der Waals surface area (Å²) in [4.78, 5) is 3.64. The van der Waals surface area contributed by atoms with Gasteiger partial charge < -0.3 is 0 Å². The maximum Gasteiger partial charge on any atom is 0.417 e. The molecule has 0 aliphatic rings. The van der Waals surface area contributed by atoms with Gasteiger partial charge in [-0.2, -0.15) is 13.2 Å². The van der Waals surface area contributed by atoms with Crippen LogP contribution >= 0.6 is 11.6 Å². The third-order valence-corrected chi connectivity index (χ3v) is 2.30. The van der Waals surface area contributed by atoms with E-state index < -0.39 is 11.7 Å². The van der Waals surface area contributed by atoms with Crippen molar-refractivity contribution in [2.45, 2.75) is 6.18 Å².